The molecule has 0 radical (unpaired) electrons. The van der Waals surface area contributed by atoms with Gasteiger partial charge in [0.25, 0.3) is 0 Å². The van der Waals surface area contributed by atoms with Crippen LogP contribution in [0.4, 0.5) is 0 Å². The standard InChI is InChI=1S/C15H25NO/c1-6-14(5)15(17)16-11-10-13(4)9-7-8-12(2)3/h6,8,10H,7,9,11H2,1-5H3,(H,16,17)/b13-10-,14-6+. The lowest BCUT2D eigenvalue weighted by Gasteiger charge is -2.03. The Bertz CT molecular complexity index is 331. The third-order valence-electron chi connectivity index (χ3n) is 2.60. The number of carbonyl (C=O) groups excluding carboxylic acids is 1. The molecule has 2 heteroatoms. The van der Waals surface area contributed by atoms with Gasteiger partial charge in [-0.05, 0) is 47.5 Å². The van der Waals surface area contributed by atoms with E-state index >= 15 is 0 Å². The molecular formula is C15H25NO. The van der Waals surface area contributed by atoms with Crippen LogP contribution in [0.2, 0.25) is 0 Å². The molecule has 0 saturated heterocycles. The molecule has 96 valence electrons. The van der Waals surface area contributed by atoms with Crippen molar-refractivity contribution in [2.24, 2.45) is 0 Å². The molecule has 0 bridgehead atoms. The Morgan fingerprint density at radius 1 is 1.12 bits per heavy atom. The van der Waals surface area contributed by atoms with E-state index in [9.17, 15) is 4.79 Å². The number of amides is 1. The molecular weight excluding hydrogens is 210 g/mol. The average Bonchev–Trinajstić information content (AvgIpc) is 2.27. The Kier molecular flexibility index (Phi) is 8.12. The smallest absolute Gasteiger partial charge is 0.246 e. The molecule has 0 aliphatic rings. The first-order chi connectivity index (χ1) is 7.97. The number of rotatable bonds is 6. The molecule has 0 aromatic heterocycles. The van der Waals surface area contributed by atoms with Crippen LogP contribution in [0.15, 0.2) is 34.9 Å². The molecule has 1 N–H and O–H groups in total. The molecule has 1 amide bonds. The highest BCUT2D eigenvalue weighted by molar-refractivity contribution is 5.92. The molecule has 0 aliphatic carbocycles. The van der Waals surface area contributed by atoms with Crippen LogP contribution < -0.4 is 5.32 Å². The van der Waals surface area contributed by atoms with E-state index in [-0.39, 0.29) is 5.91 Å². The summed E-state index contributed by atoms with van der Waals surface area (Å²) >= 11 is 0. The lowest BCUT2D eigenvalue weighted by molar-refractivity contribution is -0.117. The topological polar surface area (TPSA) is 29.1 Å². The van der Waals surface area contributed by atoms with Gasteiger partial charge in [-0.25, -0.2) is 0 Å². The monoisotopic (exact) mass is 235 g/mol. The van der Waals surface area contributed by atoms with Gasteiger partial charge >= 0.3 is 0 Å². The van der Waals surface area contributed by atoms with E-state index in [2.05, 4.69) is 38.2 Å². The summed E-state index contributed by atoms with van der Waals surface area (Å²) in [5.41, 5.74) is 3.44. The third-order valence-corrected chi connectivity index (χ3v) is 2.60. The van der Waals surface area contributed by atoms with Gasteiger partial charge in [0.1, 0.15) is 0 Å². The highest BCUT2D eigenvalue weighted by atomic mass is 16.1. The van der Waals surface area contributed by atoms with Gasteiger partial charge in [0, 0.05) is 12.1 Å². The fraction of sp³-hybridized carbons (Fsp3) is 0.533. The molecule has 0 unspecified atom stereocenters. The van der Waals surface area contributed by atoms with Crippen molar-refractivity contribution in [3.05, 3.63) is 34.9 Å². The molecule has 2 nitrogen and oxygen atoms in total. The highest BCUT2D eigenvalue weighted by Crippen LogP contribution is 2.05. The van der Waals surface area contributed by atoms with E-state index in [4.69, 9.17) is 0 Å². The zero-order valence-corrected chi connectivity index (χ0v) is 11.8. The highest BCUT2D eigenvalue weighted by Gasteiger charge is 1.99. The van der Waals surface area contributed by atoms with Crippen LogP contribution in [-0.2, 0) is 4.79 Å². The summed E-state index contributed by atoms with van der Waals surface area (Å²) in [5, 5.41) is 2.86. The first-order valence-electron chi connectivity index (χ1n) is 6.17. The number of carbonyl (C=O) groups is 1. The van der Waals surface area contributed by atoms with Gasteiger partial charge < -0.3 is 5.32 Å². The molecule has 17 heavy (non-hydrogen) atoms. The maximum Gasteiger partial charge on any atom is 0.246 e. The van der Waals surface area contributed by atoms with E-state index in [1.165, 1.54) is 11.1 Å². The number of hydrogen-bond acceptors (Lipinski definition) is 1. The third kappa shape index (κ3) is 8.49. The van der Waals surface area contributed by atoms with Crippen LogP contribution in [0.5, 0.6) is 0 Å². The maximum absolute atomic E-state index is 11.4. The van der Waals surface area contributed by atoms with Crippen LogP contribution in [0, 0.1) is 0 Å². The molecule has 0 spiro atoms. The Labute approximate surface area is 105 Å². The summed E-state index contributed by atoms with van der Waals surface area (Å²) in [7, 11) is 0. The lowest BCUT2D eigenvalue weighted by Crippen LogP contribution is -2.24. The molecule has 0 aromatic carbocycles. The maximum atomic E-state index is 11.4. The first kappa shape index (κ1) is 15.7. The van der Waals surface area contributed by atoms with Gasteiger partial charge in [0.15, 0.2) is 0 Å². The minimum Gasteiger partial charge on any atom is -0.349 e. The Hall–Kier alpha value is -1.31. The summed E-state index contributed by atoms with van der Waals surface area (Å²) in [6, 6.07) is 0. The number of allylic oxidation sites excluding steroid dienone is 4. The quantitative estimate of drug-likeness (QED) is 0.551. The van der Waals surface area contributed by atoms with Crippen molar-refractivity contribution < 1.29 is 4.79 Å². The van der Waals surface area contributed by atoms with Gasteiger partial charge in [-0.15, -0.1) is 0 Å². The SMILES string of the molecule is C/C=C(\C)C(=O)NC/C=C(/C)CCC=C(C)C. The molecule has 0 fully saturated rings. The van der Waals surface area contributed by atoms with Crippen LogP contribution >= 0.6 is 0 Å². The molecule has 0 atom stereocenters. The predicted octanol–water partition coefficient (Wildman–Crippen LogP) is 3.76. The minimum absolute atomic E-state index is 0.0147. The Morgan fingerprint density at radius 3 is 2.29 bits per heavy atom. The Balaban J connectivity index is 3.92. The fourth-order valence-electron chi connectivity index (χ4n) is 1.28. The van der Waals surface area contributed by atoms with Gasteiger partial charge in [0.2, 0.25) is 5.91 Å². The van der Waals surface area contributed by atoms with E-state index in [0.717, 1.165) is 18.4 Å². The summed E-state index contributed by atoms with van der Waals surface area (Å²) in [5.74, 6) is 0.0147. The van der Waals surface area contributed by atoms with Crippen molar-refractivity contribution in [1.82, 2.24) is 5.32 Å². The summed E-state index contributed by atoms with van der Waals surface area (Å²) in [6.45, 7) is 10.6. The van der Waals surface area contributed by atoms with E-state index in [1.54, 1.807) is 0 Å². The van der Waals surface area contributed by atoms with Crippen molar-refractivity contribution in [1.29, 1.82) is 0 Å². The second-order valence-electron chi connectivity index (χ2n) is 4.55. The number of nitrogens with one attached hydrogen (secondary N) is 1. The summed E-state index contributed by atoms with van der Waals surface area (Å²) in [6.07, 6.45) is 8.27. The van der Waals surface area contributed by atoms with Crippen LogP contribution in [-0.4, -0.2) is 12.5 Å². The molecule has 0 heterocycles. The van der Waals surface area contributed by atoms with Crippen molar-refractivity contribution in [3.63, 3.8) is 0 Å². The molecule has 0 aromatic rings. The predicted molar refractivity (Wildman–Crippen MR) is 74.9 cm³/mol. The van der Waals surface area contributed by atoms with Gasteiger partial charge in [-0.1, -0.05) is 29.4 Å². The van der Waals surface area contributed by atoms with E-state index in [0.29, 0.717) is 6.54 Å². The lowest BCUT2D eigenvalue weighted by atomic mass is 10.1. The molecule has 0 saturated carbocycles. The van der Waals surface area contributed by atoms with Crippen molar-refractivity contribution in [2.75, 3.05) is 6.54 Å². The second kappa shape index (κ2) is 8.80. The van der Waals surface area contributed by atoms with Crippen molar-refractivity contribution >= 4 is 5.91 Å². The van der Waals surface area contributed by atoms with Crippen LogP contribution in [0.3, 0.4) is 0 Å². The summed E-state index contributed by atoms with van der Waals surface area (Å²) < 4.78 is 0. The van der Waals surface area contributed by atoms with Crippen molar-refractivity contribution in [3.8, 4) is 0 Å². The molecule has 0 aliphatic heterocycles. The zero-order chi connectivity index (χ0) is 13.3. The average molecular weight is 235 g/mol. The normalized spacial score (nSPS) is 12.3. The minimum atomic E-state index is 0.0147. The van der Waals surface area contributed by atoms with Crippen molar-refractivity contribution in [2.45, 2.75) is 47.5 Å². The van der Waals surface area contributed by atoms with E-state index in [1.807, 2.05) is 19.9 Å². The molecule has 0 rings (SSSR count). The fourth-order valence-corrected chi connectivity index (χ4v) is 1.28. The second-order valence-corrected chi connectivity index (χ2v) is 4.55. The Morgan fingerprint density at radius 2 is 1.76 bits per heavy atom. The van der Waals surface area contributed by atoms with E-state index < -0.39 is 0 Å². The van der Waals surface area contributed by atoms with Gasteiger partial charge in [0.05, 0.1) is 0 Å². The van der Waals surface area contributed by atoms with Gasteiger partial charge in [-0.2, -0.15) is 0 Å². The largest absolute Gasteiger partial charge is 0.349 e. The van der Waals surface area contributed by atoms with Gasteiger partial charge in [-0.3, -0.25) is 4.79 Å². The van der Waals surface area contributed by atoms with Crippen LogP contribution in [0.1, 0.15) is 47.5 Å². The number of hydrogen-bond donors (Lipinski definition) is 1. The first-order valence-corrected chi connectivity index (χ1v) is 6.17. The van der Waals surface area contributed by atoms with Crippen LogP contribution in [0.25, 0.3) is 0 Å². The zero-order valence-electron chi connectivity index (χ0n) is 11.8. The summed E-state index contributed by atoms with van der Waals surface area (Å²) in [4.78, 5) is 11.4.